The molecule has 0 saturated heterocycles. The molecule has 1 atom stereocenters. The number of nitrogens with zero attached hydrogens (tertiary/aromatic N) is 1. The largest absolute Gasteiger partial charge is 0.302 e. The fourth-order valence-electron chi connectivity index (χ4n) is 1.51. The zero-order valence-electron chi connectivity index (χ0n) is 10.7. The number of amides is 1. The summed E-state index contributed by atoms with van der Waals surface area (Å²) in [6.45, 7) is 2.32. The van der Waals surface area contributed by atoms with Crippen LogP contribution < -0.4 is 10.6 Å². The molecule has 2 rings (SSSR count). The van der Waals surface area contributed by atoms with Crippen molar-refractivity contribution < 1.29 is 4.79 Å². The number of nitrogens with one attached hydrogen (secondary N) is 2. The molecule has 0 unspecified atom stereocenters. The van der Waals surface area contributed by atoms with E-state index in [1.165, 1.54) is 11.3 Å². The van der Waals surface area contributed by atoms with Gasteiger partial charge in [0, 0.05) is 18.1 Å². The van der Waals surface area contributed by atoms with Crippen molar-refractivity contribution in [3.8, 4) is 0 Å². The van der Waals surface area contributed by atoms with E-state index in [0.717, 1.165) is 5.56 Å². The highest BCUT2D eigenvalue weighted by atomic mass is 35.5. The molecule has 2 aromatic rings. The van der Waals surface area contributed by atoms with Crippen LogP contribution >= 0.6 is 34.5 Å². The molecular weight excluding hydrogens is 317 g/mol. The van der Waals surface area contributed by atoms with Gasteiger partial charge in [-0.2, -0.15) is 0 Å². The highest BCUT2D eigenvalue weighted by Crippen LogP contribution is 2.22. The Hall–Kier alpha value is -1.14. The fourth-order valence-corrected chi connectivity index (χ4v) is 2.36. The predicted molar refractivity (Wildman–Crippen MR) is 83.5 cm³/mol. The topological polar surface area (TPSA) is 54.0 Å². The molecule has 0 aliphatic rings. The SMILES string of the molecule is C[C@@H](NCc1ccc(Cl)c(Cl)c1)C(=O)Nc1nccs1. The van der Waals surface area contributed by atoms with Crippen molar-refractivity contribution in [1.29, 1.82) is 0 Å². The highest BCUT2D eigenvalue weighted by molar-refractivity contribution is 7.13. The second kappa shape index (κ2) is 7.04. The van der Waals surface area contributed by atoms with E-state index in [1.807, 2.05) is 11.4 Å². The van der Waals surface area contributed by atoms with Crippen LogP contribution in [-0.2, 0) is 11.3 Å². The molecule has 0 aliphatic heterocycles. The monoisotopic (exact) mass is 329 g/mol. The van der Waals surface area contributed by atoms with Crippen LogP contribution in [0.3, 0.4) is 0 Å². The average Bonchev–Trinajstić information content (AvgIpc) is 2.92. The van der Waals surface area contributed by atoms with Crippen LogP contribution in [0.2, 0.25) is 10.0 Å². The van der Waals surface area contributed by atoms with Crippen LogP contribution in [0.15, 0.2) is 29.8 Å². The normalized spacial score (nSPS) is 12.2. The van der Waals surface area contributed by atoms with Gasteiger partial charge in [-0.05, 0) is 24.6 Å². The Morgan fingerprint density at radius 3 is 2.85 bits per heavy atom. The van der Waals surface area contributed by atoms with Crippen LogP contribution in [0.5, 0.6) is 0 Å². The highest BCUT2D eigenvalue weighted by Gasteiger charge is 2.13. The van der Waals surface area contributed by atoms with Crippen LogP contribution in [0.1, 0.15) is 12.5 Å². The minimum atomic E-state index is -0.339. The van der Waals surface area contributed by atoms with Crippen LogP contribution in [-0.4, -0.2) is 16.9 Å². The van der Waals surface area contributed by atoms with E-state index < -0.39 is 0 Å². The maximum absolute atomic E-state index is 11.9. The number of aromatic nitrogens is 1. The average molecular weight is 330 g/mol. The number of anilines is 1. The van der Waals surface area contributed by atoms with Crippen molar-refractivity contribution in [3.63, 3.8) is 0 Å². The van der Waals surface area contributed by atoms with Gasteiger partial charge in [0.15, 0.2) is 5.13 Å². The molecular formula is C13H13Cl2N3OS. The Morgan fingerprint density at radius 1 is 1.40 bits per heavy atom. The number of carbonyl (C=O) groups is 1. The van der Waals surface area contributed by atoms with Gasteiger partial charge >= 0.3 is 0 Å². The van der Waals surface area contributed by atoms with E-state index in [4.69, 9.17) is 23.2 Å². The number of thiazole rings is 1. The van der Waals surface area contributed by atoms with Gasteiger partial charge in [0.25, 0.3) is 0 Å². The first-order chi connectivity index (χ1) is 9.56. The Labute approximate surface area is 131 Å². The second-order valence-corrected chi connectivity index (χ2v) is 5.89. The molecule has 0 bridgehead atoms. The standard InChI is InChI=1S/C13H13Cl2N3OS/c1-8(12(19)18-13-16-4-5-20-13)17-7-9-2-3-10(14)11(15)6-9/h2-6,8,17H,7H2,1H3,(H,16,18,19)/t8-/m1/s1. The van der Waals surface area contributed by atoms with Gasteiger partial charge in [-0.3, -0.25) is 4.79 Å². The quantitative estimate of drug-likeness (QED) is 0.881. The predicted octanol–water partition coefficient (Wildman–Crippen LogP) is 3.57. The molecule has 1 aromatic carbocycles. The molecule has 0 aliphatic carbocycles. The maximum Gasteiger partial charge on any atom is 0.243 e. The second-order valence-electron chi connectivity index (χ2n) is 4.18. The first kappa shape index (κ1) is 15.3. The van der Waals surface area contributed by atoms with E-state index >= 15 is 0 Å². The number of carbonyl (C=O) groups excluding carboxylic acids is 1. The smallest absolute Gasteiger partial charge is 0.243 e. The van der Waals surface area contributed by atoms with Gasteiger partial charge in [-0.25, -0.2) is 4.98 Å². The zero-order valence-corrected chi connectivity index (χ0v) is 13.0. The summed E-state index contributed by atoms with van der Waals surface area (Å²) in [5.41, 5.74) is 0.966. The van der Waals surface area contributed by atoms with Gasteiger partial charge in [0.1, 0.15) is 0 Å². The Bertz CT molecular complexity index is 589. The molecule has 20 heavy (non-hydrogen) atoms. The zero-order chi connectivity index (χ0) is 14.5. The van der Waals surface area contributed by atoms with Gasteiger partial charge < -0.3 is 10.6 Å². The summed E-state index contributed by atoms with van der Waals surface area (Å²) in [5.74, 6) is -0.125. The molecule has 106 valence electrons. The lowest BCUT2D eigenvalue weighted by molar-refractivity contribution is -0.117. The van der Waals surface area contributed by atoms with Crippen LogP contribution in [0, 0.1) is 0 Å². The van der Waals surface area contributed by atoms with Crippen LogP contribution in [0.25, 0.3) is 0 Å². The van der Waals surface area contributed by atoms with E-state index in [-0.39, 0.29) is 11.9 Å². The first-order valence-electron chi connectivity index (χ1n) is 5.94. The third kappa shape index (κ3) is 4.18. The lowest BCUT2D eigenvalue weighted by atomic mass is 10.2. The van der Waals surface area contributed by atoms with Gasteiger partial charge in [-0.1, -0.05) is 29.3 Å². The summed E-state index contributed by atoms with van der Waals surface area (Å²) in [6.07, 6.45) is 1.65. The Morgan fingerprint density at radius 2 is 2.20 bits per heavy atom. The molecule has 0 saturated carbocycles. The van der Waals surface area contributed by atoms with E-state index in [1.54, 1.807) is 25.3 Å². The molecule has 7 heteroatoms. The van der Waals surface area contributed by atoms with Gasteiger partial charge in [0.2, 0.25) is 5.91 Å². The number of halogens is 2. The lowest BCUT2D eigenvalue weighted by Crippen LogP contribution is -2.37. The number of benzene rings is 1. The molecule has 1 aromatic heterocycles. The van der Waals surface area contributed by atoms with Crippen molar-refractivity contribution >= 4 is 45.6 Å². The van der Waals surface area contributed by atoms with E-state index in [9.17, 15) is 4.79 Å². The molecule has 0 radical (unpaired) electrons. The third-order valence-corrected chi connectivity index (χ3v) is 4.08. The van der Waals surface area contributed by atoms with Crippen molar-refractivity contribution in [2.45, 2.75) is 19.5 Å². The number of hydrogen-bond acceptors (Lipinski definition) is 4. The summed E-state index contributed by atoms with van der Waals surface area (Å²) < 4.78 is 0. The fraction of sp³-hybridized carbons (Fsp3) is 0.231. The minimum absolute atomic E-state index is 0.125. The molecule has 0 spiro atoms. The summed E-state index contributed by atoms with van der Waals surface area (Å²) in [6, 6.07) is 5.05. The van der Waals surface area contributed by atoms with Crippen molar-refractivity contribution in [3.05, 3.63) is 45.4 Å². The Balaban J connectivity index is 1.86. The van der Waals surface area contributed by atoms with Crippen molar-refractivity contribution in [2.24, 2.45) is 0 Å². The lowest BCUT2D eigenvalue weighted by Gasteiger charge is -2.13. The minimum Gasteiger partial charge on any atom is -0.302 e. The van der Waals surface area contributed by atoms with E-state index in [0.29, 0.717) is 21.7 Å². The van der Waals surface area contributed by atoms with E-state index in [2.05, 4.69) is 15.6 Å². The third-order valence-electron chi connectivity index (χ3n) is 2.65. The first-order valence-corrected chi connectivity index (χ1v) is 7.57. The maximum atomic E-state index is 11.9. The van der Waals surface area contributed by atoms with Crippen molar-refractivity contribution in [1.82, 2.24) is 10.3 Å². The number of hydrogen-bond donors (Lipinski definition) is 2. The van der Waals surface area contributed by atoms with Crippen molar-refractivity contribution in [2.75, 3.05) is 5.32 Å². The van der Waals surface area contributed by atoms with Gasteiger partial charge in [-0.15, -0.1) is 11.3 Å². The summed E-state index contributed by atoms with van der Waals surface area (Å²) in [7, 11) is 0. The van der Waals surface area contributed by atoms with Gasteiger partial charge in [0.05, 0.1) is 16.1 Å². The summed E-state index contributed by atoms with van der Waals surface area (Å²) >= 11 is 13.2. The molecule has 0 fully saturated rings. The Kier molecular flexibility index (Phi) is 5.37. The summed E-state index contributed by atoms with van der Waals surface area (Å²) in [4.78, 5) is 15.9. The molecule has 1 heterocycles. The summed E-state index contributed by atoms with van der Waals surface area (Å²) in [5, 5.41) is 9.29. The number of rotatable bonds is 5. The molecule has 1 amide bonds. The molecule has 2 N–H and O–H groups in total. The van der Waals surface area contributed by atoms with Crippen LogP contribution in [0.4, 0.5) is 5.13 Å². The molecule has 4 nitrogen and oxygen atoms in total.